The van der Waals surface area contributed by atoms with Crippen molar-refractivity contribution in [1.29, 1.82) is 0 Å². The quantitative estimate of drug-likeness (QED) is 0.361. The minimum Gasteiger partial charge on any atom is -0.289 e. The van der Waals surface area contributed by atoms with Crippen molar-refractivity contribution in [2.75, 3.05) is 0 Å². The molecule has 23 heavy (non-hydrogen) atoms. The van der Waals surface area contributed by atoms with Gasteiger partial charge in [0.05, 0.1) is 9.85 Å². The Labute approximate surface area is 131 Å². The maximum atomic E-state index is 12.1. The fraction of sp³-hybridized carbons (Fsp3) is 0.0625. The van der Waals surface area contributed by atoms with Gasteiger partial charge in [-0.3, -0.25) is 25.0 Å². The molecule has 0 saturated heterocycles. The minimum atomic E-state index is -0.535. The Morgan fingerprint density at radius 3 is 1.61 bits per heavy atom. The number of nitrogens with zero attached hydrogens (tertiary/aromatic N) is 2. The molecule has 0 aromatic heterocycles. The Balaban J connectivity index is 2.20. The van der Waals surface area contributed by atoms with Gasteiger partial charge in [-0.2, -0.15) is 0 Å². The molecule has 0 bridgehead atoms. The third-order valence-electron chi connectivity index (χ3n) is 3.24. The Kier molecular flexibility index (Phi) is 4.61. The van der Waals surface area contributed by atoms with Crippen LogP contribution in [0.5, 0.6) is 0 Å². The summed E-state index contributed by atoms with van der Waals surface area (Å²) < 4.78 is 0. The average molecular weight is 312 g/mol. The van der Waals surface area contributed by atoms with Crippen LogP contribution >= 0.6 is 0 Å². The number of non-ortho nitro benzene ring substituents is 2. The van der Waals surface area contributed by atoms with Crippen molar-refractivity contribution >= 4 is 22.7 Å². The van der Waals surface area contributed by atoms with Crippen molar-refractivity contribution in [2.24, 2.45) is 0 Å². The first kappa shape index (κ1) is 16.0. The zero-order valence-electron chi connectivity index (χ0n) is 12.1. The second-order valence-corrected chi connectivity index (χ2v) is 4.80. The van der Waals surface area contributed by atoms with Crippen molar-refractivity contribution in [3.05, 3.63) is 86.0 Å². The van der Waals surface area contributed by atoms with E-state index in [0.717, 1.165) is 0 Å². The van der Waals surface area contributed by atoms with Crippen molar-refractivity contribution in [2.45, 2.75) is 6.92 Å². The van der Waals surface area contributed by atoms with Gasteiger partial charge in [-0.25, -0.2) is 0 Å². The first-order chi connectivity index (χ1) is 10.9. The summed E-state index contributed by atoms with van der Waals surface area (Å²) in [6.07, 6.45) is 1.39. The molecule has 0 unspecified atom stereocenters. The maximum Gasteiger partial charge on any atom is 0.269 e. The van der Waals surface area contributed by atoms with E-state index in [1.54, 1.807) is 19.1 Å². The fourth-order valence-corrected chi connectivity index (χ4v) is 1.96. The van der Waals surface area contributed by atoms with Crippen molar-refractivity contribution in [3.8, 4) is 0 Å². The number of rotatable bonds is 5. The molecule has 0 spiro atoms. The molecule has 2 aromatic carbocycles. The SMILES string of the molecule is C/C(=C\C(=O)c1ccc([N+](=O)[O-])cc1)c1ccc([N+](=O)[O-])cc1. The fourth-order valence-electron chi connectivity index (χ4n) is 1.96. The Morgan fingerprint density at radius 1 is 0.826 bits per heavy atom. The summed E-state index contributed by atoms with van der Waals surface area (Å²) in [5, 5.41) is 21.2. The van der Waals surface area contributed by atoms with Crippen LogP contribution in [0.2, 0.25) is 0 Å². The summed E-state index contributed by atoms with van der Waals surface area (Å²) in [5.41, 5.74) is 1.55. The highest BCUT2D eigenvalue weighted by Gasteiger charge is 2.09. The topological polar surface area (TPSA) is 103 Å². The third-order valence-corrected chi connectivity index (χ3v) is 3.24. The molecule has 0 atom stereocenters. The molecule has 7 nitrogen and oxygen atoms in total. The smallest absolute Gasteiger partial charge is 0.269 e. The Morgan fingerprint density at radius 2 is 1.22 bits per heavy atom. The van der Waals surface area contributed by atoms with Crippen molar-refractivity contribution in [3.63, 3.8) is 0 Å². The highest BCUT2D eigenvalue weighted by atomic mass is 16.6. The molecular weight excluding hydrogens is 300 g/mol. The van der Waals surface area contributed by atoms with Crippen LogP contribution in [0.3, 0.4) is 0 Å². The molecule has 0 aliphatic heterocycles. The van der Waals surface area contributed by atoms with Crippen LogP contribution < -0.4 is 0 Å². The average Bonchev–Trinajstić information content (AvgIpc) is 2.54. The summed E-state index contributed by atoms with van der Waals surface area (Å²) in [6.45, 7) is 1.71. The van der Waals surface area contributed by atoms with Crippen LogP contribution in [-0.2, 0) is 0 Å². The molecule has 0 amide bonds. The van der Waals surface area contributed by atoms with Gasteiger partial charge < -0.3 is 0 Å². The van der Waals surface area contributed by atoms with E-state index in [4.69, 9.17) is 0 Å². The van der Waals surface area contributed by atoms with Gasteiger partial charge in [0.15, 0.2) is 5.78 Å². The predicted octanol–water partition coefficient (Wildman–Crippen LogP) is 3.79. The molecule has 0 saturated carbocycles. The standard InChI is InChI=1S/C16H12N2O5/c1-11(12-2-6-14(7-3-12)17(20)21)10-16(19)13-4-8-15(9-5-13)18(22)23/h2-10H,1H3/b11-10+. The molecule has 116 valence electrons. The molecule has 0 heterocycles. The highest BCUT2D eigenvalue weighted by molar-refractivity contribution is 6.08. The van der Waals surface area contributed by atoms with Gasteiger partial charge in [-0.1, -0.05) is 0 Å². The first-order valence-corrected chi connectivity index (χ1v) is 6.60. The summed E-state index contributed by atoms with van der Waals surface area (Å²) in [4.78, 5) is 32.3. The van der Waals surface area contributed by atoms with Gasteiger partial charge >= 0.3 is 0 Å². The van der Waals surface area contributed by atoms with Crippen LogP contribution in [-0.4, -0.2) is 15.6 Å². The lowest BCUT2D eigenvalue weighted by molar-refractivity contribution is -0.385. The first-order valence-electron chi connectivity index (χ1n) is 6.60. The molecule has 2 aromatic rings. The van der Waals surface area contributed by atoms with E-state index in [-0.39, 0.29) is 17.2 Å². The van der Waals surface area contributed by atoms with E-state index in [0.29, 0.717) is 16.7 Å². The minimum absolute atomic E-state index is 0.0248. The summed E-state index contributed by atoms with van der Waals surface area (Å²) in [5.74, 6) is -0.296. The number of hydrogen-bond acceptors (Lipinski definition) is 5. The molecule has 0 aliphatic carbocycles. The number of carbonyl (C=O) groups is 1. The largest absolute Gasteiger partial charge is 0.289 e. The van der Waals surface area contributed by atoms with E-state index in [9.17, 15) is 25.0 Å². The van der Waals surface area contributed by atoms with E-state index in [1.807, 2.05) is 0 Å². The lowest BCUT2D eigenvalue weighted by atomic mass is 10.0. The number of ketones is 1. The van der Waals surface area contributed by atoms with Crippen molar-refractivity contribution in [1.82, 2.24) is 0 Å². The summed E-state index contributed by atoms with van der Waals surface area (Å²) in [6, 6.07) is 11.2. The molecule has 0 fully saturated rings. The Bertz CT molecular complexity index is 792. The van der Waals surface area contributed by atoms with Crippen LogP contribution in [0.4, 0.5) is 11.4 Å². The van der Waals surface area contributed by atoms with Crippen LogP contribution in [0, 0.1) is 20.2 Å². The number of benzene rings is 2. The van der Waals surface area contributed by atoms with Gasteiger partial charge in [0.2, 0.25) is 0 Å². The molecule has 7 heteroatoms. The monoisotopic (exact) mass is 312 g/mol. The van der Waals surface area contributed by atoms with E-state index in [1.165, 1.54) is 42.5 Å². The number of nitro groups is 2. The van der Waals surface area contributed by atoms with E-state index < -0.39 is 9.85 Å². The number of hydrogen-bond donors (Lipinski definition) is 0. The van der Waals surface area contributed by atoms with Gasteiger partial charge in [0.25, 0.3) is 11.4 Å². The van der Waals surface area contributed by atoms with E-state index >= 15 is 0 Å². The van der Waals surface area contributed by atoms with Gasteiger partial charge in [0, 0.05) is 29.8 Å². The number of carbonyl (C=O) groups excluding carboxylic acids is 1. The third kappa shape index (κ3) is 3.85. The maximum absolute atomic E-state index is 12.1. The highest BCUT2D eigenvalue weighted by Crippen LogP contribution is 2.19. The normalized spacial score (nSPS) is 11.1. The molecular formula is C16H12N2O5. The zero-order chi connectivity index (χ0) is 17.0. The van der Waals surface area contributed by atoms with E-state index in [2.05, 4.69) is 0 Å². The summed E-state index contributed by atoms with van der Waals surface area (Å²) in [7, 11) is 0. The molecule has 0 radical (unpaired) electrons. The second-order valence-electron chi connectivity index (χ2n) is 4.80. The molecule has 0 N–H and O–H groups in total. The lowest BCUT2D eigenvalue weighted by Crippen LogP contribution is -1.97. The summed E-state index contributed by atoms with van der Waals surface area (Å²) >= 11 is 0. The van der Waals surface area contributed by atoms with Crippen molar-refractivity contribution < 1.29 is 14.6 Å². The Hall–Kier alpha value is -3.35. The second kappa shape index (κ2) is 6.61. The lowest BCUT2D eigenvalue weighted by Gasteiger charge is -2.02. The zero-order valence-corrected chi connectivity index (χ0v) is 12.1. The molecule has 0 aliphatic rings. The van der Waals surface area contributed by atoms with Gasteiger partial charge in [-0.05, 0) is 48.4 Å². The van der Waals surface area contributed by atoms with Gasteiger partial charge in [0.1, 0.15) is 0 Å². The number of allylic oxidation sites excluding steroid dienone is 2. The van der Waals surface area contributed by atoms with Crippen LogP contribution in [0.1, 0.15) is 22.8 Å². The van der Waals surface area contributed by atoms with Crippen LogP contribution in [0.15, 0.2) is 54.6 Å². The predicted molar refractivity (Wildman–Crippen MR) is 84.2 cm³/mol. The van der Waals surface area contributed by atoms with Gasteiger partial charge in [-0.15, -0.1) is 0 Å². The van der Waals surface area contributed by atoms with Crippen LogP contribution in [0.25, 0.3) is 5.57 Å². The number of nitro benzene ring substituents is 2. The molecule has 2 rings (SSSR count).